The van der Waals surface area contributed by atoms with Crippen LogP contribution in [-0.2, 0) is 0 Å². The van der Waals surface area contributed by atoms with Gasteiger partial charge in [-0.25, -0.2) is 0 Å². The molecule has 5 heteroatoms. The third kappa shape index (κ3) is 3.18. The van der Waals surface area contributed by atoms with Gasteiger partial charge in [-0.3, -0.25) is 19.4 Å². The Morgan fingerprint density at radius 1 is 0.613 bits per heavy atom. The molecule has 0 bridgehead atoms. The maximum atomic E-state index is 12.9. The summed E-state index contributed by atoms with van der Waals surface area (Å²) in [5.74, 6) is 1.12. The molecule has 2 atom stereocenters. The number of amides is 2. The Labute approximate surface area is 183 Å². The first kappa shape index (κ1) is 19.1. The summed E-state index contributed by atoms with van der Waals surface area (Å²) in [6.07, 6.45) is 4.40. The van der Waals surface area contributed by atoms with E-state index in [0.717, 1.165) is 39.0 Å². The highest BCUT2D eigenvalue weighted by Gasteiger charge is 2.49. The number of fused-ring (bicyclic) bond motifs is 2. The Hall–Kier alpha value is -2.66. The van der Waals surface area contributed by atoms with Gasteiger partial charge >= 0.3 is 0 Å². The van der Waals surface area contributed by atoms with Gasteiger partial charge in [0.15, 0.2) is 0 Å². The second-order valence-corrected chi connectivity index (χ2v) is 9.66. The summed E-state index contributed by atoms with van der Waals surface area (Å²) in [5, 5.41) is 0. The highest BCUT2D eigenvalue weighted by Crippen LogP contribution is 2.48. The summed E-state index contributed by atoms with van der Waals surface area (Å²) in [7, 11) is 0. The molecule has 0 radical (unpaired) electrons. The van der Waals surface area contributed by atoms with E-state index >= 15 is 0 Å². The number of nitrogens with zero attached hydrogens (tertiary/aromatic N) is 3. The number of hydrogen-bond donors (Lipinski definition) is 0. The lowest BCUT2D eigenvalue weighted by Gasteiger charge is -2.39. The normalized spacial score (nSPS) is 30.7. The standard InChI is InChI=1S/C26H29N3O2/c30-25-23-8-4-5-9-24(23)26(31)29(25)22-16-18-14-21(15-19(18)17-22)28-12-10-27(11-13-28)20-6-2-1-3-7-20/h1-9,18-19,21-22H,10-17H2. The van der Waals surface area contributed by atoms with Crippen molar-refractivity contribution in [3.05, 3.63) is 65.7 Å². The lowest BCUT2D eigenvalue weighted by atomic mass is 10.0. The van der Waals surface area contributed by atoms with Crippen molar-refractivity contribution in [3.63, 3.8) is 0 Å². The van der Waals surface area contributed by atoms with Crippen molar-refractivity contribution in [2.45, 2.75) is 37.8 Å². The Kier molecular flexibility index (Phi) is 4.60. The van der Waals surface area contributed by atoms with E-state index in [1.165, 1.54) is 18.5 Å². The van der Waals surface area contributed by atoms with Gasteiger partial charge in [0, 0.05) is 44.0 Å². The van der Waals surface area contributed by atoms with Crippen LogP contribution in [0, 0.1) is 11.8 Å². The second kappa shape index (κ2) is 7.49. The molecule has 0 spiro atoms. The molecule has 6 rings (SSSR count). The SMILES string of the molecule is O=C1c2ccccc2C(=O)N1C1CC2CC(N3CCN(c4ccccc4)CC3)CC2C1. The first-order chi connectivity index (χ1) is 15.2. The molecule has 0 N–H and O–H groups in total. The molecular weight excluding hydrogens is 386 g/mol. The minimum atomic E-state index is -0.0841. The summed E-state index contributed by atoms with van der Waals surface area (Å²) in [6, 6.07) is 18.7. The number of rotatable bonds is 3. The van der Waals surface area contributed by atoms with Gasteiger partial charge in [0.1, 0.15) is 0 Å². The largest absolute Gasteiger partial charge is 0.369 e. The van der Waals surface area contributed by atoms with Gasteiger partial charge in [-0.15, -0.1) is 0 Å². The smallest absolute Gasteiger partial charge is 0.261 e. The molecule has 2 unspecified atom stereocenters. The Morgan fingerprint density at radius 2 is 1.13 bits per heavy atom. The minimum absolute atomic E-state index is 0.0817. The van der Waals surface area contributed by atoms with E-state index in [4.69, 9.17) is 0 Å². The first-order valence-electron chi connectivity index (χ1n) is 11.7. The van der Waals surface area contributed by atoms with Crippen molar-refractivity contribution < 1.29 is 9.59 Å². The fraction of sp³-hybridized carbons (Fsp3) is 0.462. The molecule has 160 valence electrons. The molecule has 1 saturated heterocycles. The zero-order valence-electron chi connectivity index (χ0n) is 17.8. The molecule has 5 nitrogen and oxygen atoms in total. The lowest BCUT2D eigenvalue weighted by molar-refractivity contribution is 0.0577. The van der Waals surface area contributed by atoms with Crippen molar-refractivity contribution in [3.8, 4) is 0 Å². The molecular formula is C26H29N3O2. The fourth-order valence-electron chi connectivity index (χ4n) is 6.59. The van der Waals surface area contributed by atoms with E-state index < -0.39 is 0 Å². The summed E-state index contributed by atoms with van der Waals surface area (Å²) < 4.78 is 0. The highest BCUT2D eigenvalue weighted by atomic mass is 16.2. The van der Waals surface area contributed by atoms with Crippen LogP contribution in [0.3, 0.4) is 0 Å². The number of para-hydroxylation sites is 1. The molecule has 4 aliphatic rings. The van der Waals surface area contributed by atoms with Crippen LogP contribution in [-0.4, -0.2) is 59.9 Å². The molecule has 2 aromatic carbocycles. The third-order valence-electron chi connectivity index (χ3n) is 8.11. The van der Waals surface area contributed by atoms with Crippen molar-refractivity contribution >= 4 is 17.5 Å². The summed E-state index contributed by atoms with van der Waals surface area (Å²) in [5.41, 5.74) is 2.49. The lowest BCUT2D eigenvalue weighted by Crippen LogP contribution is -2.50. The van der Waals surface area contributed by atoms with E-state index in [1.54, 1.807) is 17.0 Å². The number of carbonyl (C=O) groups is 2. The summed E-state index contributed by atoms with van der Waals surface area (Å²) in [4.78, 5) is 32.5. The predicted octanol–water partition coefficient (Wildman–Crippen LogP) is 3.66. The highest BCUT2D eigenvalue weighted by molar-refractivity contribution is 6.21. The minimum Gasteiger partial charge on any atom is -0.369 e. The van der Waals surface area contributed by atoms with Crippen LogP contribution < -0.4 is 4.90 Å². The average Bonchev–Trinajstić information content (AvgIpc) is 3.46. The van der Waals surface area contributed by atoms with E-state index in [9.17, 15) is 9.59 Å². The molecule has 3 fully saturated rings. The van der Waals surface area contributed by atoms with E-state index in [2.05, 4.69) is 40.1 Å². The van der Waals surface area contributed by atoms with Crippen LogP contribution in [0.4, 0.5) is 5.69 Å². The second-order valence-electron chi connectivity index (χ2n) is 9.66. The molecule has 0 aromatic heterocycles. The van der Waals surface area contributed by atoms with Gasteiger partial charge in [-0.05, 0) is 61.8 Å². The zero-order valence-corrected chi connectivity index (χ0v) is 17.8. The number of imide groups is 1. The van der Waals surface area contributed by atoms with E-state index in [-0.39, 0.29) is 17.9 Å². The van der Waals surface area contributed by atoms with Crippen molar-refractivity contribution in [2.75, 3.05) is 31.1 Å². The molecule has 31 heavy (non-hydrogen) atoms. The Bertz CT molecular complexity index is 950. The van der Waals surface area contributed by atoms with Crippen LogP contribution in [0.1, 0.15) is 46.4 Å². The number of carbonyl (C=O) groups excluding carboxylic acids is 2. The number of piperazine rings is 1. The molecule has 2 aliphatic heterocycles. The molecule has 2 heterocycles. The monoisotopic (exact) mass is 415 g/mol. The van der Waals surface area contributed by atoms with Crippen molar-refractivity contribution in [1.29, 1.82) is 0 Å². The van der Waals surface area contributed by atoms with Crippen LogP contribution in [0.15, 0.2) is 54.6 Å². The molecule has 2 aliphatic carbocycles. The first-order valence-corrected chi connectivity index (χ1v) is 11.7. The van der Waals surface area contributed by atoms with Crippen LogP contribution in [0.25, 0.3) is 0 Å². The van der Waals surface area contributed by atoms with Gasteiger partial charge in [-0.1, -0.05) is 30.3 Å². The van der Waals surface area contributed by atoms with E-state index in [1.807, 2.05) is 12.1 Å². The zero-order chi connectivity index (χ0) is 20.9. The summed E-state index contributed by atoms with van der Waals surface area (Å²) >= 11 is 0. The van der Waals surface area contributed by atoms with Crippen molar-refractivity contribution in [1.82, 2.24) is 9.80 Å². The number of benzene rings is 2. The van der Waals surface area contributed by atoms with Gasteiger partial charge in [0.05, 0.1) is 11.1 Å². The van der Waals surface area contributed by atoms with Crippen LogP contribution >= 0.6 is 0 Å². The van der Waals surface area contributed by atoms with Crippen LogP contribution in [0.2, 0.25) is 0 Å². The number of anilines is 1. The maximum absolute atomic E-state index is 12.9. The number of hydrogen-bond acceptors (Lipinski definition) is 4. The molecule has 2 aromatic rings. The average molecular weight is 416 g/mol. The summed E-state index contributed by atoms with van der Waals surface area (Å²) in [6.45, 7) is 4.43. The van der Waals surface area contributed by atoms with Crippen LogP contribution in [0.5, 0.6) is 0 Å². The Morgan fingerprint density at radius 3 is 1.71 bits per heavy atom. The maximum Gasteiger partial charge on any atom is 0.261 e. The predicted molar refractivity (Wildman–Crippen MR) is 120 cm³/mol. The van der Waals surface area contributed by atoms with Gasteiger partial charge < -0.3 is 4.90 Å². The van der Waals surface area contributed by atoms with E-state index in [0.29, 0.717) is 29.0 Å². The fourth-order valence-corrected chi connectivity index (χ4v) is 6.59. The van der Waals surface area contributed by atoms with Gasteiger partial charge in [0.2, 0.25) is 0 Å². The third-order valence-corrected chi connectivity index (χ3v) is 8.11. The quantitative estimate of drug-likeness (QED) is 0.718. The van der Waals surface area contributed by atoms with Gasteiger partial charge in [0.25, 0.3) is 11.8 Å². The van der Waals surface area contributed by atoms with Gasteiger partial charge in [-0.2, -0.15) is 0 Å². The molecule has 2 saturated carbocycles. The topological polar surface area (TPSA) is 43.9 Å². The van der Waals surface area contributed by atoms with Crippen molar-refractivity contribution in [2.24, 2.45) is 11.8 Å². The Balaban J connectivity index is 1.06. The molecule has 2 amide bonds.